The van der Waals surface area contributed by atoms with Crippen molar-refractivity contribution in [2.75, 3.05) is 14.2 Å². The van der Waals surface area contributed by atoms with Gasteiger partial charge in [0.1, 0.15) is 28.8 Å². The van der Waals surface area contributed by atoms with Crippen LogP contribution in [-0.4, -0.2) is 28.8 Å². The van der Waals surface area contributed by atoms with Gasteiger partial charge in [-0.15, -0.1) is 12.4 Å². The molecule has 3 aromatic rings. The van der Waals surface area contributed by atoms with Crippen molar-refractivity contribution in [3.8, 4) is 23.0 Å². The van der Waals surface area contributed by atoms with Crippen LogP contribution in [0.5, 0.6) is 11.5 Å². The summed E-state index contributed by atoms with van der Waals surface area (Å²) in [5, 5.41) is 0. The van der Waals surface area contributed by atoms with Gasteiger partial charge in [0.15, 0.2) is 0 Å². The number of benzene rings is 1. The lowest BCUT2D eigenvalue weighted by Gasteiger charge is -2.08. The van der Waals surface area contributed by atoms with Gasteiger partial charge in [-0.2, -0.15) is 0 Å². The van der Waals surface area contributed by atoms with Gasteiger partial charge < -0.3 is 18.5 Å². The number of halogens is 1. The summed E-state index contributed by atoms with van der Waals surface area (Å²) in [6.45, 7) is 6.79. The maximum Gasteiger partial charge on any atom is 0.230 e. The molecule has 0 radical (unpaired) electrons. The van der Waals surface area contributed by atoms with Crippen LogP contribution in [-0.2, 0) is 6.54 Å². The highest BCUT2D eigenvalue weighted by atomic mass is 35.5. The average molecular weight is 378 g/mol. The minimum Gasteiger partial charge on any atom is -0.497 e. The van der Waals surface area contributed by atoms with Crippen LogP contribution in [0, 0.1) is 6.92 Å². The van der Waals surface area contributed by atoms with E-state index in [9.17, 15) is 0 Å². The Kier molecular flexibility index (Phi) is 6.32. The van der Waals surface area contributed by atoms with Gasteiger partial charge >= 0.3 is 0 Å². The summed E-state index contributed by atoms with van der Waals surface area (Å²) in [5.74, 6) is 4.10. The zero-order valence-electron chi connectivity index (χ0n) is 15.6. The Bertz CT molecular complexity index is 871. The van der Waals surface area contributed by atoms with Crippen molar-refractivity contribution in [3.05, 3.63) is 47.9 Å². The molecule has 7 heteroatoms. The van der Waals surface area contributed by atoms with Crippen LogP contribution in [0.4, 0.5) is 0 Å². The molecule has 0 unspecified atom stereocenters. The lowest BCUT2D eigenvalue weighted by molar-refractivity contribution is 0.402. The zero-order chi connectivity index (χ0) is 18.0. The lowest BCUT2D eigenvalue weighted by Crippen LogP contribution is -2.07. The highest BCUT2D eigenvalue weighted by molar-refractivity contribution is 5.85. The van der Waals surface area contributed by atoms with Gasteiger partial charge in [-0.05, 0) is 25.1 Å². The van der Waals surface area contributed by atoms with E-state index in [1.165, 1.54) is 0 Å². The molecule has 2 aromatic heterocycles. The minimum absolute atomic E-state index is 0. The number of hydrogen-bond donors (Lipinski definition) is 0. The van der Waals surface area contributed by atoms with Gasteiger partial charge in [-0.3, -0.25) is 0 Å². The number of ether oxygens (including phenoxy) is 2. The maximum atomic E-state index is 5.91. The van der Waals surface area contributed by atoms with Crippen molar-refractivity contribution in [1.29, 1.82) is 0 Å². The summed E-state index contributed by atoms with van der Waals surface area (Å²) in [6, 6.07) is 5.56. The fraction of sp³-hybridized carbons (Fsp3) is 0.368. The molecule has 0 saturated heterocycles. The second-order valence-electron chi connectivity index (χ2n) is 6.16. The van der Waals surface area contributed by atoms with Crippen molar-refractivity contribution in [2.45, 2.75) is 33.2 Å². The van der Waals surface area contributed by atoms with Gasteiger partial charge in [-0.1, -0.05) is 13.8 Å². The summed E-state index contributed by atoms with van der Waals surface area (Å²) in [5.41, 5.74) is 1.64. The van der Waals surface area contributed by atoms with E-state index in [0.717, 1.165) is 28.6 Å². The minimum atomic E-state index is 0. The first-order valence-electron chi connectivity index (χ1n) is 8.23. The molecule has 6 nitrogen and oxygen atoms in total. The Balaban J connectivity index is 0.00000243. The highest BCUT2D eigenvalue weighted by Gasteiger charge is 2.18. The first kappa shape index (κ1) is 19.8. The predicted octanol–water partition coefficient (Wildman–Crippen LogP) is 4.46. The Morgan fingerprint density at radius 1 is 1.19 bits per heavy atom. The number of imidazole rings is 1. The topological polar surface area (TPSA) is 62.3 Å². The van der Waals surface area contributed by atoms with Crippen LogP contribution >= 0.6 is 12.4 Å². The summed E-state index contributed by atoms with van der Waals surface area (Å²) in [4.78, 5) is 9.11. The first-order valence-corrected chi connectivity index (χ1v) is 8.23. The molecule has 140 valence electrons. The lowest BCUT2D eigenvalue weighted by atomic mass is 10.2. The summed E-state index contributed by atoms with van der Waals surface area (Å²) >= 11 is 0. The second-order valence-corrected chi connectivity index (χ2v) is 6.16. The fourth-order valence-corrected chi connectivity index (χ4v) is 2.79. The number of aryl methyl sites for hydroxylation is 1. The third-order valence-electron chi connectivity index (χ3n) is 4.11. The molecule has 3 rings (SSSR count). The Morgan fingerprint density at radius 2 is 1.96 bits per heavy atom. The van der Waals surface area contributed by atoms with Crippen LogP contribution in [0.25, 0.3) is 11.5 Å². The van der Waals surface area contributed by atoms with Gasteiger partial charge in [0.25, 0.3) is 0 Å². The van der Waals surface area contributed by atoms with E-state index < -0.39 is 0 Å². The molecule has 0 amide bonds. The van der Waals surface area contributed by atoms with E-state index in [2.05, 4.69) is 28.4 Å². The van der Waals surface area contributed by atoms with Crippen LogP contribution in [0.2, 0.25) is 0 Å². The molecule has 0 aliphatic carbocycles. The van der Waals surface area contributed by atoms with Crippen molar-refractivity contribution < 1.29 is 13.9 Å². The predicted molar refractivity (Wildman–Crippen MR) is 102 cm³/mol. The Labute approximate surface area is 159 Å². The molecule has 0 aliphatic rings. The molecule has 0 spiro atoms. The first-order chi connectivity index (χ1) is 12.0. The van der Waals surface area contributed by atoms with Gasteiger partial charge in [-0.25, -0.2) is 9.97 Å². The summed E-state index contributed by atoms with van der Waals surface area (Å²) in [7, 11) is 3.26. The van der Waals surface area contributed by atoms with Crippen LogP contribution in [0.3, 0.4) is 0 Å². The third kappa shape index (κ3) is 3.85. The number of hydrogen-bond acceptors (Lipinski definition) is 5. The van der Waals surface area contributed by atoms with Crippen molar-refractivity contribution in [3.63, 3.8) is 0 Å². The van der Waals surface area contributed by atoms with Crippen molar-refractivity contribution in [2.24, 2.45) is 0 Å². The molecule has 2 heterocycles. The highest BCUT2D eigenvalue weighted by Crippen LogP contribution is 2.34. The van der Waals surface area contributed by atoms with E-state index in [0.29, 0.717) is 24.1 Å². The molecule has 0 saturated carbocycles. The molecular formula is C19H24ClN3O3. The Morgan fingerprint density at radius 3 is 2.62 bits per heavy atom. The molecule has 1 aromatic carbocycles. The Hall–Kier alpha value is -2.47. The molecular weight excluding hydrogens is 354 g/mol. The number of rotatable bonds is 6. The van der Waals surface area contributed by atoms with E-state index in [-0.39, 0.29) is 12.4 Å². The van der Waals surface area contributed by atoms with Gasteiger partial charge in [0.05, 0.1) is 26.3 Å². The summed E-state index contributed by atoms with van der Waals surface area (Å²) in [6.07, 6.45) is 3.78. The maximum absolute atomic E-state index is 5.91. The van der Waals surface area contributed by atoms with Crippen LogP contribution < -0.4 is 9.47 Å². The quantitative estimate of drug-likeness (QED) is 0.634. The SMILES string of the molecule is COc1ccc(OC)c(-c2nc(Cn3ccnc3C(C)C)c(C)o2)c1.Cl. The molecule has 26 heavy (non-hydrogen) atoms. The number of oxazole rings is 1. The third-order valence-corrected chi connectivity index (χ3v) is 4.11. The molecule has 0 aliphatic heterocycles. The molecule has 0 N–H and O–H groups in total. The number of aromatic nitrogens is 3. The molecule has 0 atom stereocenters. The molecule has 0 fully saturated rings. The number of methoxy groups -OCH3 is 2. The van der Waals surface area contributed by atoms with Crippen LogP contribution in [0.15, 0.2) is 35.0 Å². The summed E-state index contributed by atoms with van der Waals surface area (Å²) < 4.78 is 18.7. The largest absolute Gasteiger partial charge is 0.497 e. The van der Waals surface area contributed by atoms with Crippen LogP contribution in [0.1, 0.15) is 37.0 Å². The number of nitrogens with zero attached hydrogens (tertiary/aromatic N) is 3. The van der Waals surface area contributed by atoms with Crippen molar-refractivity contribution >= 4 is 12.4 Å². The van der Waals surface area contributed by atoms with E-state index in [4.69, 9.17) is 13.9 Å². The fourth-order valence-electron chi connectivity index (χ4n) is 2.79. The van der Waals surface area contributed by atoms with Crippen molar-refractivity contribution in [1.82, 2.24) is 14.5 Å². The van der Waals surface area contributed by atoms with Gasteiger partial charge in [0.2, 0.25) is 5.89 Å². The average Bonchev–Trinajstić information content (AvgIpc) is 3.21. The normalized spacial score (nSPS) is 10.7. The van der Waals surface area contributed by atoms with Gasteiger partial charge in [0, 0.05) is 18.3 Å². The smallest absolute Gasteiger partial charge is 0.230 e. The zero-order valence-corrected chi connectivity index (χ0v) is 16.5. The second kappa shape index (κ2) is 8.27. The molecule has 0 bridgehead atoms. The monoisotopic (exact) mass is 377 g/mol. The van der Waals surface area contributed by atoms with E-state index >= 15 is 0 Å². The van der Waals surface area contributed by atoms with E-state index in [1.54, 1.807) is 14.2 Å². The van der Waals surface area contributed by atoms with E-state index in [1.807, 2.05) is 37.5 Å². The standard InChI is InChI=1S/C19H23N3O3.ClH/c1-12(2)18-20-8-9-22(18)11-16-13(3)25-19(21-16)15-10-14(23-4)6-7-17(15)24-5;/h6-10,12H,11H2,1-5H3;1H.